The molecular formula is C20H24BrN2OS+. The fourth-order valence-corrected chi connectivity index (χ4v) is 4.21. The molecule has 3 rings (SSSR count). The number of amides is 1. The molecule has 1 fully saturated rings. The van der Waals surface area contributed by atoms with Crippen LogP contribution in [0.2, 0.25) is 0 Å². The van der Waals surface area contributed by atoms with Crippen molar-refractivity contribution in [2.75, 3.05) is 31.9 Å². The summed E-state index contributed by atoms with van der Waals surface area (Å²) in [5, 5.41) is 0. The van der Waals surface area contributed by atoms with Gasteiger partial charge in [-0.1, -0.05) is 58.4 Å². The van der Waals surface area contributed by atoms with E-state index in [1.54, 1.807) is 16.7 Å². The third-order valence-electron chi connectivity index (χ3n) is 4.53. The number of halogens is 1. The normalized spacial score (nSPS) is 15.3. The van der Waals surface area contributed by atoms with E-state index in [-0.39, 0.29) is 5.91 Å². The molecule has 0 aliphatic carbocycles. The Balaban J connectivity index is 1.37. The van der Waals surface area contributed by atoms with E-state index in [1.807, 2.05) is 17.0 Å². The number of hydrogen-bond acceptors (Lipinski definition) is 2. The number of thioether (sulfide) groups is 1. The van der Waals surface area contributed by atoms with Gasteiger partial charge in [0.05, 0.1) is 31.9 Å². The van der Waals surface area contributed by atoms with Crippen LogP contribution in [0.5, 0.6) is 0 Å². The standard InChI is InChI=1S/C20H23BrN2OS/c21-19-8-6-18(7-9-19)15-25-16-20(24)23-12-10-22(11-13-23)14-17-4-2-1-3-5-17/h1-9H,10-16H2/p+1. The van der Waals surface area contributed by atoms with E-state index in [0.717, 1.165) is 42.9 Å². The van der Waals surface area contributed by atoms with Crippen LogP contribution in [-0.4, -0.2) is 42.7 Å². The maximum atomic E-state index is 12.4. The van der Waals surface area contributed by atoms with Crippen molar-refractivity contribution in [3.05, 3.63) is 70.2 Å². The molecule has 0 saturated carbocycles. The first-order valence-electron chi connectivity index (χ1n) is 8.68. The molecule has 0 aromatic heterocycles. The van der Waals surface area contributed by atoms with Crippen molar-refractivity contribution in [1.29, 1.82) is 0 Å². The van der Waals surface area contributed by atoms with Crippen LogP contribution in [0.1, 0.15) is 11.1 Å². The van der Waals surface area contributed by atoms with Gasteiger partial charge in [-0.3, -0.25) is 4.79 Å². The zero-order valence-corrected chi connectivity index (χ0v) is 16.7. The number of carbonyl (C=O) groups is 1. The number of benzene rings is 2. The summed E-state index contributed by atoms with van der Waals surface area (Å²) in [7, 11) is 0. The number of nitrogens with zero attached hydrogens (tertiary/aromatic N) is 1. The summed E-state index contributed by atoms with van der Waals surface area (Å²) in [5.41, 5.74) is 2.64. The molecule has 25 heavy (non-hydrogen) atoms. The van der Waals surface area contributed by atoms with Gasteiger partial charge in [-0.15, -0.1) is 11.8 Å². The van der Waals surface area contributed by atoms with E-state index in [1.165, 1.54) is 11.1 Å². The Bertz CT molecular complexity index is 670. The lowest BCUT2D eigenvalue weighted by Gasteiger charge is -2.32. The van der Waals surface area contributed by atoms with Gasteiger partial charge in [0.15, 0.2) is 0 Å². The predicted molar refractivity (Wildman–Crippen MR) is 108 cm³/mol. The average Bonchev–Trinajstić information content (AvgIpc) is 2.65. The summed E-state index contributed by atoms with van der Waals surface area (Å²) < 4.78 is 1.09. The Labute approximate surface area is 162 Å². The Morgan fingerprint density at radius 1 is 1.00 bits per heavy atom. The molecule has 1 N–H and O–H groups in total. The van der Waals surface area contributed by atoms with E-state index >= 15 is 0 Å². The quantitative estimate of drug-likeness (QED) is 0.777. The molecule has 132 valence electrons. The molecule has 1 heterocycles. The monoisotopic (exact) mass is 419 g/mol. The zero-order chi connectivity index (χ0) is 17.5. The van der Waals surface area contributed by atoms with Gasteiger partial charge in [-0.25, -0.2) is 0 Å². The van der Waals surface area contributed by atoms with Crippen molar-refractivity contribution in [3.63, 3.8) is 0 Å². The second-order valence-electron chi connectivity index (χ2n) is 6.41. The first kappa shape index (κ1) is 18.5. The molecule has 0 atom stereocenters. The van der Waals surface area contributed by atoms with Gasteiger partial charge in [-0.05, 0) is 17.7 Å². The van der Waals surface area contributed by atoms with E-state index < -0.39 is 0 Å². The van der Waals surface area contributed by atoms with Gasteiger partial charge >= 0.3 is 0 Å². The van der Waals surface area contributed by atoms with Gasteiger partial charge in [0, 0.05) is 15.8 Å². The zero-order valence-electron chi connectivity index (χ0n) is 14.3. The number of carbonyl (C=O) groups excluding carboxylic acids is 1. The van der Waals surface area contributed by atoms with Crippen molar-refractivity contribution < 1.29 is 9.69 Å². The van der Waals surface area contributed by atoms with Crippen LogP contribution in [0.4, 0.5) is 0 Å². The largest absolute Gasteiger partial charge is 0.331 e. The molecule has 5 heteroatoms. The molecule has 0 radical (unpaired) electrons. The number of piperazine rings is 1. The fourth-order valence-electron chi connectivity index (χ4n) is 3.06. The summed E-state index contributed by atoms with van der Waals surface area (Å²) in [6.45, 7) is 4.89. The van der Waals surface area contributed by atoms with Crippen LogP contribution in [0.25, 0.3) is 0 Å². The van der Waals surface area contributed by atoms with Crippen LogP contribution < -0.4 is 4.90 Å². The van der Waals surface area contributed by atoms with Gasteiger partial charge in [-0.2, -0.15) is 0 Å². The summed E-state index contributed by atoms with van der Waals surface area (Å²) in [4.78, 5) is 16.0. The third kappa shape index (κ3) is 5.87. The molecule has 3 nitrogen and oxygen atoms in total. The van der Waals surface area contributed by atoms with Crippen LogP contribution in [0.3, 0.4) is 0 Å². The van der Waals surface area contributed by atoms with Crippen LogP contribution in [0.15, 0.2) is 59.1 Å². The summed E-state index contributed by atoms with van der Waals surface area (Å²) in [5.74, 6) is 1.74. The molecule has 2 aromatic rings. The first-order valence-corrected chi connectivity index (χ1v) is 10.6. The predicted octanol–water partition coefficient (Wildman–Crippen LogP) is 2.61. The lowest BCUT2D eigenvalue weighted by molar-refractivity contribution is -0.917. The number of hydrogen-bond donors (Lipinski definition) is 1. The number of nitrogens with one attached hydrogen (secondary N) is 1. The minimum Gasteiger partial charge on any atom is -0.331 e. The van der Waals surface area contributed by atoms with Crippen LogP contribution in [0, 0.1) is 0 Å². The van der Waals surface area contributed by atoms with E-state index in [9.17, 15) is 4.79 Å². The fraction of sp³-hybridized carbons (Fsp3) is 0.350. The highest BCUT2D eigenvalue weighted by atomic mass is 79.9. The van der Waals surface area contributed by atoms with Crippen molar-refractivity contribution in [3.8, 4) is 0 Å². The second-order valence-corrected chi connectivity index (χ2v) is 8.31. The second kappa shape index (κ2) is 9.41. The Hall–Kier alpha value is -1.30. The minimum absolute atomic E-state index is 0.279. The smallest absolute Gasteiger partial charge is 0.232 e. The highest BCUT2D eigenvalue weighted by Gasteiger charge is 2.23. The van der Waals surface area contributed by atoms with E-state index in [4.69, 9.17) is 0 Å². The van der Waals surface area contributed by atoms with Crippen molar-refractivity contribution in [2.45, 2.75) is 12.3 Å². The highest BCUT2D eigenvalue weighted by molar-refractivity contribution is 9.10. The van der Waals surface area contributed by atoms with Crippen LogP contribution >= 0.6 is 27.7 Å². The van der Waals surface area contributed by atoms with Gasteiger partial charge < -0.3 is 9.80 Å². The average molecular weight is 420 g/mol. The van der Waals surface area contributed by atoms with Crippen molar-refractivity contribution in [2.24, 2.45) is 0 Å². The van der Waals surface area contributed by atoms with Gasteiger partial charge in [0.2, 0.25) is 5.91 Å². The van der Waals surface area contributed by atoms with Gasteiger partial charge in [0.25, 0.3) is 0 Å². The van der Waals surface area contributed by atoms with Crippen molar-refractivity contribution in [1.82, 2.24) is 4.90 Å². The molecule has 0 unspecified atom stereocenters. The van der Waals surface area contributed by atoms with Crippen LogP contribution in [-0.2, 0) is 17.1 Å². The molecule has 1 amide bonds. The first-order chi connectivity index (χ1) is 12.2. The lowest BCUT2D eigenvalue weighted by atomic mass is 10.2. The molecule has 0 bridgehead atoms. The highest BCUT2D eigenvalue weighted by Crippen LogP contribution is 2.16. The van der Waals surface area contributed by atoms with E-state index in [2.05, 4.69) is 58.4 Å². The molecular weight excluding hydrogens is 396 g/mol. The molecule has 1 aliphatic rings. The minimum atomic E-state index is 0.279. The molecule has 1 aliphatic heterocycles. The summed E-state index contributed by atoms with van der Waals surface area (Å²) >= 11 is 5.15. The molecule has 2 aromatic carbocycles. The summed E-state index contributed by atoms with van der Waals surface area (Å²) in [6.07, 6.45) is 0. The van der Waals surface area contributed by atoms with Crippen molar-refractivity contribution >= 4 is 33.6 Å². The maximum Gasteiger partial charge on any atom is 0.232 e. The molecule has 0 spiro atoms. The summed E-state index contributed by atoms with van der Waals surface area (Å²) in [6, 6.07) is 18.9. The lowest BCUT2D eigenvalue weighted by Crippen LogP contribution is -3.13. The Morgan fingerprint density at radius 3 is 2.36 bits per heavy atom. The maximum absolute atomic E-state index is 12.4. The van der Waals surface area contributed by atoms with E-state index in [0.29, 0.717) is 5.75 Å². The SMILES string of the molecule is O=C(CSCc1ccc(Br)cc1)N1CC[NH+](Cc2ccccc2)CC1. The molecule has 1 saturated heterocycles. The topological polar surface area (TPSA) is 24.8 Å². The number of rotatable bonds is 6. The Morgan fingerprint density at radius 2 is 1.68 bits per heavy atom. The Kier molecular flexibility index (Phi) is 6.96. The third-order valence-corrected chi connectivity index (χ3v) is 6.04. The number of quaternary nitrogens is 1. The van der Waals surface area contributed by atoms with Gasteiger partial charge in [0.1, 0.15) is 6.54 Å².